The van der Waals surface area contributed by atoms with Crippen LogP contribution < -0.4 is 21.7 Å². The van der Waals surface area contributed by atoms with Gasteiger partial charge in [0.1, 0.15) is 18.1 Å². The number of nitrogens with one attached hydrogen (secondary N) is 4. The van der Waals surface area contributed by atoms with Crippen LogP contribution in [0.15, 0.2) is 12.5 Å². The number of aliphatic hydroxyl groups excluding tert-OH is 1. The van der Waals surface area contributed by atoms with Crippen LogP contribution in [0, 0.1) is 11.8 Å². The lowest BCUT2D eigenvalue weighted by Gasteiger charge is -2.26. The van der Waals surface area contributed by atoms with E-state index < -0.39 is 54.5 Å². The fraction of sp³-hybridized carbons (Fsp3) is 0.650. The number of aromatic nitrogens is 2. The Kier molecular flexibility index (Phi) is 10.8. The number of carbonyl (C=O) groups is 4. The summed E-state index contributed by atoms with van der Waals surface area (Å²) in [6.07, 6.45) is 3.36. The third-order valence-corrected chi connectivity index (χ3v) is 5.23. The zero-order valence-electron chi connectivity index (χ0n) is 18.8. The second-order valence-electron chi connectivity index (χ2n) is 8.07. The van der Waals surface area contributed by atoms with Gasteiger partial charge in [0.2, 0.25) is 17.7 Å². The second-order valence-corrected chi connectivity index (χ2v) is 8.07. The van der Waals surface area contributed by atoms with Gasteiger partial charge in [-0.05, 0) is 11.8 Å². The number of H-pyrrole nitrogens is 1. The molecule has 0 aromatic carbocycles. The highest BCUT2D eigenvalue weighted by Gasteiger charge is 2.32. The third kappa shape index (κ3) is 7.93. The van der Waals surface area contributed by atoms with Crippen LogP contribution in [0.25, 0.3) is 0 Å². The van der Waals surface area contributed by atoms with Crippen LogP contribution >= 0.6 is 0 Å². The monoisotopic (exact) mass is 454 g/mol. The van der Waals surface area contributed by atoms with Crippen LogP contribution in [0.3, 0.4) is 0 Å². The number of nitrogens with two attached hydrogens (primary N) is 1. The summed E-state index contributed by atoms with van der Waals surface area (Å²) < 4.78 is 0. The van der Waals surface area contributed by atoms with E-state index in [1.807, 2.05) is 0 Å². The van der Waals surface area contributed by atoms with Gasteiger partial charge in [0, 0.05) is 18.3 Å². The van der Waals surface area contributed by atoms with Crippen LogP contribution in [0.1, 0.15) is 39.8 Å². The number of aliphatic hydroxyl groups is 1. The summed E-state index contributed by atoms with van der Waals surface area (Å²) in [5, 5.41) is 26.3. The van der Waals surface area contributed by atoms with Gasteiger partial charge in [-0.2, -0.15) is 0 Å². The summed E-state index contributed by atoms with van der Waals surface area (Å²) in [7, 11) is 0. The van der Waals surface area contributed by atoms with Gasteiger partial charge in [-0.25, -0.2) is 9.78 Å². The minimum atomic E-state index is -1.34. The first-order valence-corrected chi connectivity index (χ1v) is 10.5. The minimum absolute atomic E-state index is 0.0119. The second kappa shape index (κ2) is 12.8. The van der Waals surface area contributed by atoms with Crippen molar-refractivity contribution in [2.24, 2.45) is 17.6 Å². The van der Waals surface area contributed by atoms with Gasteiger partial charge in [0.05, 0.1) is 19.0 Å². The highest BCUT2D eigenvalue weighted by atomic mass is 16.4. The molecule has 180 valence electrons. The predicted octanol–water partition coefficient (Wildman–Crippen LogP) is -1.49. The Hall–Kier alpha value is -2.99. The zero-order valence-corrected chi connectivity index (χ0v) is 18.8. The first-order chi connectivity index (χ1) is 15.0. The van der Waals surface area contributed by atoms with Crippen molar-refractivity contribution in [1.29, 1.82) is 0 Å². The summed E-state index contributed by atoms with van der Waals surface area (Å²) in [6, 6.07) is -4.55. The van der Waals surface area contributed by atoms with Gasteiger partial charge in [-0.15, -0.1) is 0 Å². The molecule has 12 heteroatoms. The SMILES string of the molecule is CCC(C)C(NC(=O)C(Cc1cnc[nH]1)NC(=O)C(CO)NC(=O)C(N)C(C)C)C(=O)O. The maximum atomic E-state index is 12.9. The number of carboxylic acid groups (broad SMARTS) is 1. The molecule has 12 nitrogen and oxygen atoms in total. The lowest BCUT2D eigenvalue weighted by molar-refractivity contribution is -0.143. The standard InChI is InChI=1S/C20H34N6O6/c1-5-11(4)16(20(31)32)26-17(28)13(6-12-7-22-9-23-12)24-18(29)14(8-27)25-19(30)15(21)10(2)3/h7,9-11,13-16,27H,5-6,8,21H2,1-4H3,(H,22,23)(H,24,29)(H,25,30)(H,26,28)(H,31,32). The molecule has 8 N–H and O–H groups in total. The van der Waals surface area contributed by atoms with Gasteiger partial charge in [0.25, 0.3) is 0 Å². The predicted molar refractivity (Wildman–Crippen MR) is 115 cm³/mol. The maximum absolute atomic E-state index is 12.9. The lowest BCUT2D eigenvalue weighted by atomic mass is 9.98. The first kappa shape index (κ1) is 27.0. The number of carboxylic acids is 1. The number of hydrogen-bond acceptors (Lipinski definition) is 7. The van der Waals surface area contributed by atoms with Crippen LogP contribution in [0.5, 0.6) is 0 Å². The van der Waals surface area contributed by atoms with E-state index in [4.69, 9.17) is 5.73 Å². The van der Waals surface area contributed by atoms with Crippen LogP contribution in [-0.4, -0.2) is 74.6 Å². The molecule has 1 heterocycles. The van der Waals surface area contributed by atoms with Crippen molar-refractivity contribution in [3.63, 3.8) is 0 Å². The van der Waals surface area contributed by atoms with E-state index in [0.717, 1.165) is 0 Å². The quantitative estimate of drug-likeness (QED) is 0.187. The van der Waals surface area contributed by atoms with E-state index in [1.165, 1.54) is 12.5 Å². The highest BCUT2D eigenvalue weighted by Crippen LogP contribution is 2.09. The number of rotatable bonds is 13. The summed E-state index contributed by atoms with van der Waals surface area (Å²) in [6.45, 7) is 6.24. The molecule has 5 atom stereocenters. The molecule has 0 fully saturated rings. The van der Waals surface area contributed by atoms with Crippen LogP contribution in [0.2, 0.25) is 0 Å². The maximum Gasteiger partial charge on any atom is 0.326 e. The Bertz CT molecular complexity index is 769. The van der Waals surface area contributed by atoms with Crippen molar-refractivity contribution in [3.8, 4) is 0 Å². The summed E-state index contributed by atoms with van der Waals surface area (Å²) in [4.78, 5) is 56.0. The van der Waals surface area contributed by atoms with E-state index >= 15 is 0 Å². The van der Waals surface area contributed by atoms with Crippen molar-refractivity contribution < 1.29 is 29.4 Å². The molecule has 0 bridgehead atoms. The van der Waals surface area contributed by atoms with Gasteiger partial charge < -0.3 is 36.9 Å². The van der Waals surface area contributed by atoms with Gasteiger partial charge >= 0.3 is 5.97 Å². The molecule has 0 aliphatic carbocycles. The topological polar surface area (TPSA) is 200 Å². The Balaban J connectivity index is 2.99. The molecule has 0 saturated heterocycles. The van der Waals surface area contributed by atoms with E-state index in [2.05, 4.69) is 25.9 Å². The molecule has 0 spiro atoms. The van der Waals surface area contributed by atoms with Crippen molar-refractivity contribution in [2.45, 2.75) is 64.7 Å². The molecule has 0 aliphatic heterocycles. The van der Waals surface area contributed by atoms with Gasteiger partial charge in [0.15, 0.2) is 0 Å². The molecule has 3 amide bonds. The Morgan fingerprint density at radius 2 is 1.66 bits per heavy atom. The summed E-state index contributed by atoms with van der Waals surface area (Å²) >= 11 is 0. The van der Waals surface area contributed by atoms with Crippen molar-refractivity contribution in [1.82, 2.24) is 25.9 Å². The number of nitrogens with zero attached hydrogens (tertiary/aromatic N) is 1. The van der Waals surface area contributed by atoms with E-state index in [9.17, 15) is 29.4 Å². The van der Waals surface area contributed by atoms with E-state index in [-0.39, 0.29) is 18.3 Å². The zero-order chi connectivity index (χ0) is 24.4. The number of amides is 3. The average molecular weight is 455 g/mol. The molecular weight excluding hydrogens is 420 g/mol. The largest absolute Gasteiger partial charge is 0.480 e. The van der Waals surface area contributed by atoms with Crippen molar-refractivity contribution >= 4 is 23.7 Å². The minimum Gasteiger partial charge on any atom is -0.480 e. The van der Waals surface area contributed by atoms with Crippen molar-refractivity contribution in [2.75, 3.05) is 6.61 Å². The number of aliphatic carboxylic acids is 1. The van der Waals surface area contributed by atoms with Gasteiger partial charge in [-0.1, -0.05) is 34.1 Å². The molecular formula is C20H34N6O6. The first-order valence-electron chi connectivity index (χ1n) is 10.5. The number of aromatic amines is 1. The van der Waals surface area contributed by atoms with Gasteiger partial charge in [-0.3, -0.25) is 14.4 Å². The van der Waals surface area contributed by atoms with E-state index in [0.29, 0.717) is 12.1 Å². The molecule has 0 radical (unpaired) electrons. The Labute approximate surface area is 186 Å². The normalized spacial score (nSPS) is 15.8. The average Bonchev–Trinajstić information content (AvgIpc) is 3.26. The molecule has 0 saturated carbocycles. The summed E-state index contributed by atoms with van der Waals surface area (Å²) in [5.41, 5.74) is 6.29. The Morgan fingerprint density at radius 3 is 2.12 bits per heavy atom. The highest BCUT2D eigenvalue weighted by molar-refractivity contribution is 5.94. The lowest BCUT2D eigenvalue weighted by Crippen LogP contribution is -2.59. The molecule has 1 aromatic rings. The summed E-state index contributed by atoms with van der Waals surface area (Å²) in [5.74, 6) is -3.88. The number of carbonyl (C=O) groups excluding carboxylic acids is 3. The third-order valence-electron chi connectivity index (χ3n) is 5.23. The fourth-order valence-electron chi connectivity index (χ4n) is 2.80. The molecule has 0 aliphatic rings. The number of imidazole rings is 1. The van der Waals surface area contributed by atoms with Crippen LogP contribution in [-0.2, 0) is 25.6 Å². The molecule has 5 unspecified atom stereocenters. The molecule has 1 rings (SSSR count). The van der Waals surface area contributed by atoms with Crippen molar-refractivity contribution in [3.05, 3.63) is 18.2 Å². The van der Waals surface area contributed by atoms with Crippen LogP contribution in [0.4, 0.5) is 0 Å². The number of hydrogen-bond donors (Lipinski definition) is 7. The molecule has 32 heavy (non-hydrogen) atoms. The molecule has 1 aromatic heterocycles. The smallest absolute Gasteiger partial charge is 0.326 e. The Morgan fingerprint density at radius 1 is 1.06 bits per heavy atom. The van der Waals surface area contributed by atoms with E-state index in [1.54, 1.807) is 27.7 Å². The fourth-order valence-corrected chi connectivity index (χ4v) is 2.80.